The van der Waals surface area contributed by atoms with Gasteiger partial charge < -0.3 is 29.5 Å². The topological polar surface area (TPSA) is 99.5 Å². The molecule has 0 aromatic heterocycles. The number of anilines is 1. The van der Waals surface area contributed by atoms with Gasteiger partial charge in [0.15, 0.2) is 5.60 Å². The number of benzene rings is 2. The van der Waals surface area contributed by atoms with Crippen molar-refractivity contribution in [2.45, 2.75) is 68.5 Å². The number of ether oxygens (including phenoxy) is 2. The highest BCUT2D eigenvalue weighted by molar-refractivity contribution is 6.30. The number of allylic oxidation sites excluding steroid dienone is 1. The maximum atomic E-state index is 13.2. The van der Waals surface area contributed by atoms with Gasteiger partial charge in [-0.1, -0.05) is 35.9 Å². The van der Waals surface area contributed by atoms with Crippen molar-refractivity contribution in [3.05, 3.63) is 70.3 Å². The van der Waals surface area contributed by atoms with E-state index in [4.69, 9.17) is 21.1 Å². The molecule has 1 fully saturated rings. The summed E-state index contributed by atoms with van der Waals surface area (Å²) in [7, 11) is 3.42. The second kappa shape index (κ2) is 12.4. The zero-order chi connectivity index (χ0) is 31.1. The molecule has 9 heteroatoms. The number of halogens is 1. The fourth-order valence-corrected chi connectivity index (χ4v) is 7.96. The molecule has 0 unspecified atom stereocenters. The molecule has 6 rings (SSSR count). The van der Waals surface area contributed by atoms with Gasteiger partial charge in [0.05, 0.1) is 24.8 Å². The Morgan fingerprint density at radius 2 is 2.00 bits per heavy atom. The van der Waals surface area contributed by atoms with Crippen molar-refractivity contribution < 1.29 is 29.3 Å². The molecule has 2 aliphatic carbocycles. The molecule has 236 valence electrons. The van der Waals surface area contributed by atoms with Crippen LogP contribution in [0.1, 0.15) is 61.6 Å². The molecule has 2 aromatic carbocycles. The van der Waals surface area contributed by atoms with Crippen LogP contribution in [0.5, 0.6) is 5.75 Å². The van der Waals surface area contributed by atoms with Crippen molar-refractivity contribution in [1.82, 2.24) is 4.90 Å². The Labute approximate surface area is 264 Å². The predicted molar refractivity (Wildman–Crippen MR) is 169 cm³/mol. The first-order valence-electron chi connectivity index (χ1n) is 15.8. The molecule has 5 atom stereocenters. The van der Waals surface area contributed by atoms with Crippen LogP contribution in [0.15, 0.2) is 48.6 Å². The molecular formula is C35H43ClN2O6. The molecule has 2 heterocycles. The van der Waals surface area contributed by atoms with Gasteiger partial charge in [0, 0.05) is 44.2 Å². The maximum absolute atomic E-state index is 13.2. The Kier molecular flexibility index (Phi) is 8.70. The van der Waals surface area contributed by atoms with Crippen LogP contribution in [0.3, 0.4) is 0 Å². The SMILES string of the molecule is CO[C@H]1/C=C\CCCN(C)C(=O)C[C@](O)(C(=O)O)c2ccc3c(c2)N(C[C@@H]2CC[C@H]21)C[C@@]1(CCCc2cc(Cl)ccc21)CO3. The van der Waals surface area contributed by atoms with E-state index in [1.165, 1.54) is 16.0 Å². The number of nitrogens with zero attached hydrogens (tertiary/aromatic N) is 2. The fourth-order valence-electron chi connectivity index (χ4n) is 7.76. The highest BCUT2D eigenvalue weighted by Gasteiger charge is 2.46. The van der Waals surface area contributed by atoms with Crippen molar-refractivity contribution in [2.75, 3.05) is 45.3 Å². The summed E-state index contributed by atoms with van der Waals surface area (Å²) in [6, 6.07) is 11.3. The first-order chi connectivity index (χ1) is 21.1. The molecule has 2 bridgehead atoms. The van der Waals surface area contributed by atoms with E-state index in [0.717, 1.165) is 62.2 Å². The van der Waals surface area contributed by atoms with Gasteiger partial charge in [0.2, 0.25) is 5.91 Å². The van der Waals surface area contributed by atoms with Crippen LogP contribution in [0.4, 0.5) is 5.69 Å². The molecule has 1 amide bonds. The van der Waals surface area contributed by atoms with Gasteiger partial charge in [-0.3, -0.25) is 4.79 Å². The number of carboxylic acid groups (broad SMARTS) is 1. The molecular weight excluding hydrogens is 580 g/mol. The summed E-state index contributed by atoms with van der Waals surface area (Å²) in [5.74, 6) is -0.490. The summed E-state index contributed by atoms with van der Waals surface area (Å²) in [5, 5.41) is 22.6. The molecule has 2 aliphatic heterocycles. The Balaban J connectivity index is 1.45. The lowest BCUT2D eigenvalue weighted by Crippen LogP contribution is -2.49. The van der Waals surface area contributed by atoms with Crippen LogP contribution < -0.4 is 9.64 Å². The highest BCUT2D eigenvalue weighted by Crippen LogP contribution is 2.47. The van der Waals surface area contributed by atoms with Gasteiger partial charge >= 0.3 is 5.97 Å². The number of hydrogen-bond acceptors (Lipinski definition) is 6. The van der Waals surface area contributed by atoms with E-state index in [1.54, 1.807) is 32.4 Å². The number of methoxy groups -OCH3 is 1. The standard InChI is InChI=1S/C35H43ClN2O6/c1-37-16-5-3-4-8-30(43-2)27-12-9-24(27)20-38-21-34(15-6-7-23-17-26(36)11-13-28(23)34)22-44-31-14-10-25(18-29(31)38)35(42,33(40)41)19-32(37)39/h4,8,10-11,13-14,17-18,24,27,30,42H,3,5-7,9,12,15-16,19-22H2,1-2H3,(H,40,41)/b8-4-/t24-,27+,30-,34-,35+/m0/s1. The number of aliphatic hydroxyl groups is 1. The van der Waals surface area contributed by atoms with E-state index < -0.39 is 23.9 Å². The van der Waals surface area contributed by atoms with Gasteiger partial charge in [-0.15, -0.1) is 0 Å². The Bertz CT molecular complexity index is 1450. The van der Waals surface area contributed by atoms with E-state index in [0.29, 0.717) is 37.3 Å². The number of aryl methyl sites for hydroxylation is 1. The fraction of sp³-hybridized carbons (Fsp3) is 0.543. The number of amides is 1. The van der Waals surface area contributed by atoms with Crippen LogP contribution in [-0.2, 0) is 31.8 Å². The largest absolute Gasteiger partial charge is 0.490 e. The molecule has 44 heavy (non-hydrogen) atoms. The summed E-state index contributed by atoms with van der Waals surface area (Å²) in [5.41, 5.74) is 0.773. The second-order valence-corrected chi connectivity index (χ2v) is 13.7. The number of carbonyl (C=O) groups is 2. The van der Waals surface area contributed by atoms with Crippen LogP contribution in [0.2, 0.25) is 5.02 Å². The van der Waals surface area contributed by atoms with Gasteiger partial charge in [-0.2, -0.15) is 0 Å². The van der Waals surface area contributed by atoms with E-state index in [-0.39, 0.29) is 17.1 Å². The third-order valence-corrected chi connectivity index (χ3v) is 10.8. The van der Waals surface area contributed by atoms with Gasteiger partial charge in [0.1, 0.15) is 5.75 Å². The van der Waals surface area contributed by atoms with Crippen molar-refractivity contribution in [3.8, 4) is 5.75 Å². The van der Waals surface area contributed by atoms with Crippen LogP contribution in [-0.4, -0.2) is 73.5 Å². The van der Waals surface area contributed by atoms with E-state index in [2.05, 4.69) is 29.2 Å². The molecule has 4 aliphatic rings. The summed E-state index contributed by atoms with van der Waals surface area (Å²) in [4.78, 5) is 29.7. The highest BCUT2D eigenvalue weighted by atomic mass is 35.5. The average Bonchev–Trinajstić information content (AvgIpc) is 3.14. The Morgan fingerprint density at radius 1 is 1.16 bits per heavy atom. The lowest BCUT2D eigenvalue weighted by Gasteiger charge is -2.46. The molecule has 2 N–H and O–H groups in total. The average molecular weight is 623 g/mol. The van der Waals surface area contributed by atoms with Crippen LogP contribution >= 0.6 is 11.6 Å². The zero-order valence-electron chi connectivity index (χ0n) is 25.6. The van der Waals surface area contributed by atoms with Gasteiger partial charge in [-0.25, -0.2) is 4.79 Å². The Hall–Kier alpha value is -3.07. The monoisotopic (exact) mass is 622 g/mol. The maximum Gasteiger partial charge on any atom is 0.340 e. The minimum Gasteiger partial charge on any atom is -0.490 e. The first-order valence-corrected chi connectivity index (χ1v) is 16.2. The molecule has 8 nitrogen and oxygen atoms in total. The predicted octanol–water partition coefficient (Wildman–Crippen LogP) is 5.33. The number of aliphatic carboxylic acids is 1. The van der Waals surface area contributed by atoms with Crippen molar-refractivity contribution >= 4 is 29.2 Å². The molecule has 1 spiro atoms. The van der Waals surface area contributed by atoms with Crippen LogP contribution in [0, 0.1) is 11.8 Å². The number of carbonyl (C=O) groups excluding carboxylic acids is 1. The first kappa shape index (κ1) is 30.9. The van der Waals surface area contributed by atoms with Gasteiger partial charge in [0.25, 0.3) is 0 Å². The van der Waals surface area contributed by atoms with E-state index >= 15 is 0 Å². The summed E-state index contributed by atoms with van der Waals surface area (Å²) < 4.78 is 12.6. The summed E-state index contributed by atoms with van der Waals surface area (Å²) in [6.07, 6.45) is 10.3. The van der Waals surface area contributed by atoms with E-state index in [9.17, 15) is 19.8 Å². The normalized spacial score (nSPS) is 31.5. The lowest BCUT2D eigenvalue weighted by atomic mass is 9.68. The minimum absolute atomic E-state index is 0.00133. The number of carboxylic acids is 1. The number of fused-ring (bicyclic) bond motifs is 4. The third kappa shape index (κ3) is 5.72. The zero-order valence-corrected chi connectivity index (χ0v) is 26.4. The quantitative estimate of drug-likeness (QED) is 0.437. The lowest BCUT2D eigenvalue weighted by molar-refractivity contribution is -0.164. The van der Waals surface area contributed by atoms with Gasteiger partial charge in [-0.05, 0) is 97.7 Å². The van der Waals surface area contributed by atoms with Crippen molar-refractivity contribution in [2.24, 2.45) is 11.8 Å². The molecule has 1 saturated carbocycles. The summed E-state index contributed by atoms with van der Waals surface area (Å²) >= 11 is 6.42. The third-order valence-electron chi connectivity index (χ3n) is 10.5. The van der Waals surface area contributed by atoms with Crippen molar-refractivity contribution in [3.63, 3.8) is 0 Å². The minimum atomic E-state index is -2.38. The van der Waals surface area contributed by atoms with E-state index in [1.807, 2.05) is 6.07 Å². The number of rotatable bonds is 2. The number of hydrogen-bond donors (Lipinski definition) is 2. The molecule has 0 radical (unpaired) electrons. The summed E-state index contributed by atoms with van der Waals surface area (Å²) in [6.45, 7) is 2.37. The molecule has 0 saturated heterocycles. The Morgan fingerprint density at radius 3 is 2.75 bits per heavy atom. The molecule has 2 aromatic rings. The second-order valence-electron chi connectivity index (χ2n) is 13.2. The smallest absolute Gasteiger partial charge is 0.340 e. The van der Waals surface area contributed by atoms with Crippen LogP contribution in [0.25, 0.3) is 0 Å². The van der Waals surface area contributed by atoms with Crippen molar-refractivity contribution in [1.29, 1.82) is 0 Å².